The number of amides is 1. The molecule has 2 bridgehead atoms. The second kappa shape index (κ2) is 8.03. The van der Waals surface area contributed by atoms with Crippen molar-refractivity contribution in [3.8, 4) is 22.8 Å². The maximum Gasteiger partial charge on any atom is 0.229 e. The standard InChI is InChI=1S/C23H25N5O3/c29-19-5-1-3-16(10-19)22-14-28(26-25-22)12-18-9-15-7-8-27(18)13-21(15)23(31)24-17-4-2-6-20(30)11-17/h1-6,10-11,14-15,18,21,29-30H,7-9,12-13H2,(H,24,31)/t15?,18-,21+/m1/s1. The van der Waals surface area contributed by atoms with Crippen molar-refractivity contribution in [2.75, 3.05) is 18.4 Å². The fourth-order valence-corrected chi connectivity index (χ4v) is 4.84. The number of nitrogens with zero attached hydrogens (tertiary/aromatic N) is 4. The first-order valence-electron chi connectivity index (χ1n) is 10.6. The number of aromatic hydroxyl groups is 2. The van der Waals surface area contributed by atoms with E-state index in [9.17, 15) is 15.0 Å². The van der Waals surface area contributed by atoms with Crippen molar-refractivity contribution < 1.29 is 15.0 Å². The van der Waals surface area contributed by atoms with Crippen LogP contribution in [0.15, 0.2) is 54.7 Å². The third-order valence-electron chi connectivity index (χ3n) is 6.41. The summed E-state index contributed by atoms with van der Waals surface area (Å²) in [7, 11) is 0. The fourth-order valence-electron chi connectivity index (χ4n) is 4.84. The lowest BCUT2D eigenvalue weighted by Crippen LogP contribution is -2.57. The van der Waals surface area contributed by atoms with Crippen LogP contribution < -0.4 is 5.32 Å². The summed E-state index contributed by atoms with van der Waals surface area (Å²) >= 11 is 0. The molecule has 8 nitrogen and oxygen atoms in total. The quantitative estimate of drug-likeness (QED) is 0.588. The van der Waals surface area contributed by atoms with Crippen molar-refractivity contribution in [3.05, 3.63) is 54.7 Å². The average Bonchev–Trinajstić information content (AvgIpc) is 3.23. The number of hydrogen-bond acceptors (Lipinski definition) is 6. The molecule has 3 aromatic rings. The Labute approximate surface area is 180 Å². The normalized spacial score (nSPS) is 24.8. The molecule has 3 aliphatic rings. The molecule has 4 atom stereocenters. The van der Waals surface area contributed by atoms with Gasteiger partial charge >= 0.3 is 0 Å². The van der Waals surface area contributed by atoms with E-state index in [0.29, 0.717) is 17.6 Å². The van der Waals surface area contributed by atoms with Crippen LogP contribution in [0.3, 0.4) is 0 Å². The number of nitrogens with one attached hydrogen (secondary N) is 1. The molecule has 160 valence electrons. The smallest absolute Gasteiger partial charge is 0.229 e. The van der Waals surface area contributed by atoms with E-state index in [1.165, 1.54) is 0 Å². The van der Waals surface area contributed by atoms with Crippen molar-refractivity contribution in [2.24, 2.45) is 11.8 Å². The zero-order valence-electron chi connectivity index (χ0n) is 17.1. The highest BCUT2D eigenvalue weighted by atomic mass is 16.3. The molecule has 1 amide bonds. The van der Waals surface area contributed by atoms with Gasteiger partial charge in [-0.05, 0) is 49.6 Å². The number of carbonyl (C=O) groups is 1. The molecule has 8 heteroatoms. The molecule has 3 fully saturated rings. The molecule has 0 saturated carbocycles. The Morgan fingerprint density at radius 3 is 2.68 bits per heavy atom. The number of anilines is 1. The fraction of sp³-hybridized carbons (Fsp3) is 0.348. The molecule has 0 radical (unpaired) electrons. The third kappa shape index (κ3) is 4.11. The summed E-state index contributed by atoms with van der Waals surface area (Å²) in [6, 6.07) is 14.0. The first kappa shape index (κ1) is 19.6. The van der Waals surface area contributed by atoms with Gasteiger partial charge < -0.3 is 15.5 Å². The summed E-state index contributed by atoms with van der Waals surface area (Å²) in [6.45, 7) is 2.44. The molecular weight excluding hydrogens is 394 g/mol. The van der Waals surface area contributed by atoms with E-state index in [2.05, 4.69) is 20.5 Å². The van der Waals surface area contributed by atoms with E-state index in [1.807, 2.05) is 16.9 Å². The number of rotatable bonds is 5. The van der Waals surface area contributed by atoms with Gasteiger partial charge in [-0.2, -0.15) is 0 Å². The monoisotopic (exact) mass is 419 g/mol. The van der Waals surface area contributed by atoms with Gasteiger partial charge in [-0.25, -0.2) is 0 Å². The number of aromatic nitrogens is 3. The number of fused-ring (bicyclic) bond motifs is 3. The van der Waals surface area contributed by atoms with Gasteiger partial charge in [0, 0.05) is 29.9 Å². The molecule has 4 heterocycles. The van der Waals surface area contributed by atoms with E-state index in [4.69, 9.17) is 0 Å². The van der Waals surface area contributed by atoms with Gasteiger partial charge in [-0.3, -0.25) is 14.4 Å². The highest BCUT2D eigenvalue weighted by molar-refractivity contribution is 5.93. The molecule has 6 rings (SSSR count). The average molecular weight is 419 g/mol. The van der Waals surface area contributed by atoms with E-state index in [-0.39, 0.29) is 23.3 Å². The van der Waals surface area contributed by atoms with Crippen molar-refractivity contribution in [1.29, 1.82) is 0 Å². The highest BCUT2D eigenvalue weighted by Crippen LogP contribution is 2.37. The zero-order chi connectivity index (χ0) is 21.4. The number of carbonyl (C=O) groups excluding carboxylic acids is 1. The Hall–Kier alpha value is -3.39. The molecule has 0 aliphatic carbocycles. The molecule has 3 saturated heterocycles. The number of phenols is 2. The minimum absolute atomic E-state index is 0.0191. The van der Waals surface area contributed by atoms with Crippen LogP contribution in [-0.4, -0.2) is 55.1 Å². The number of phenolic OH excluding ortho intramolecular Hbond substituents is 2. The summed E-state index contributed by atoms with van der Waals surface area (Å²) in [4.78, 5) is 15.2. The second-order valence-electron chi connectivity index (χ2n) is 8.46. The molecule has 31 heavy (non-hydrogen) atoms. The summed E-state index contributed by atoms with van der Waals surface area (Å²) in [5.41, 5.74) is 2.19. The Balaban J connectivity index is 1.23. The SMILES string of the molecule is O=C(Nc1cccc(O)c1)[C@H]1CN2CCC1C[C@@H]2Cn1cc(-c2cccc(O)c2)nn1. The van der Waals surface area contributed by atoms with Gasteiger partial charge in [-0.15, -0.1) is 5.10 Å². The molecule has 2 unspecified atom stereocenters. The van der Waals surface area contributed by atoms with Crippen LogP contribution >= 0.6 is 0 Å². The Bertz CT molecular complexity index is 1100. The van der Waals surface area contributed by atoms with Crippen LogP contribution in [0, 0.1) is 11.8 Å². The van der Waals surface area contributed by atoms with Gasteiger partial charge in [-0.1, -0.05) is 23.4 Å². The molecule has 3 aliphatic heterocycles. The molecule has 0 spiro atoms. The van der Waals surface area contributed by atoms with Crippen LogP contribution in [0.5, 0.6) is 11.5 Å². The maximum atomic E-state index is 12.9. The van der Waals surface area contributed by atoms with E-state index >= 15 is 0 Å². The molecule has 2 aromatic carbocycles. The number of benzene rings is 2. The lowest BCUT2D eigenvalue weighted by molar-refractivity contribution is -0.127. The van der Waals surface area contributed by atoms with Crippen LogP contribution in [-0.2, 0) is 11.3 Å². The van der Waals surface area contributed by atoms with Crippen molar-refractivity contribution >= 4 is 11.6 Å². The van der Waals surface area contributed by atoms with Crippen LogP contribution in [0.1, 0.15) is 12.8 Å². The predicted molar refractivity (Wildman–Crippen MR) is 115 cm³/mol. The lowest BCUT2D eigenvalue weighted by atomic mass is 9.75. The number of piperidine rings is 3. The molecule has 3 N–H and O–H groups in total. The summed E-state index contributed by atoms with van der Waals surface area (Å²) in [5.74, 6) is 0.653. The summed E-state index contributed by atoms with van der Waals surface area (Å²) in [5, 5.41) is 30.8. The molecular formula is C23H25N5O3. The largest absolute Gasteiger partial charge is 0.508 e. The van der Waals surface area contributed by atoms with Gasteiger partial charge in [0.05, 0.1) is 18.7 Å². The van der Waals surface area contributed by atoms with Crippen molar-refractivity contribution in [2.45, 2.75) is 25.4 Å². The van der Waals surface area contributed by atoms with Gasteiger partial charge in [0.2, 0.25) is 5.91 Å². The van der Waals surface area contributed by atoms with E-state index in [0.717, 1.165) is 43.7 Å². The second-order valence-corrected chi connectivity index (χ2v) is 8.46. The van der Waals surface area contributed by atoms with Crippen molar-refractivity contribution in [3.63, 3.8) is 0 Å². The van der Waals surface area contributed by atoms with Gasteiger partial charge in [0.1, 0.15) is 17.2 Å². The van der Waals surface area contributed by atoms with Crippen LogP contribution in [0.25, 0.3) is 11.3 Å². The Morgan fingerprint density at radius 1 is 1.13 bits per heavy atom. The summed E-state index contributed by atoms with van der Waals surface area (Å²) < 4.78 is 1.85. The zero-order valence-corrected chi connectivity index (χ0v) is 17.1. The first-order valence-corrected chi connectivity index (χ1v) is 10.6. The van der Waals surface area contributed by atoms with Gasteiger partial charge in [0.25, 0.3) is 0 Å². The van der Waals surface area contributed by atoms with Crippen LogP contribution in [0.2, 0.25) is 0 Å². The Morgan fingerprint density at radius 2 is 1.94 bits per heavy atom. The topological polar surface area (TPSA) is 104 Å². The number of hydrogen-bond donors (Lipinski definition) is 3. The van der Waals surface area contributed by atoms with Gasteiger partial charge in [0.15, 0.2) is 0 Å². The lowest BCUT2D eigenvalue weighted by Gasteiger charge is -2.49. The third-order valence-corrected chi connectivity index (χ3v) is 6.41. The highest BCUT2D eigenvalue weighted by Gasteiger charge is 2.43. The minimum Gasteiger partial charge on any atom is -0.508 e. The summed E-state index contributed by atoms with van der Waals surface area (Å²) in [6.07, 6.45) is 3.87. The van der Waals surface area contributed by atoms with E-state index in [1.54, 1.807) is 42.5 Å². The minimum atomic E-state index is -0.0500. The van der Waals surface area contributed by atoms with Crippen molar-refractivity contribution in [1.82, 2.24) is 19.9 Å². The van der Waals surface area contributed by atoms with E-state index < -0.39 is 0 Å². The van der Waals surface area contributed by atoms with Crippen LogP contribution in [0.4, 0.5) is 5.69 Å². The molecule has 1 aromatic heterocycles. The predicted octanol–water partition coefficient (Wildman–Crippen LogP) is 2.71. The Kier molecular flexibility index (Phi) is 5.07. The maximum absolute atomic E-state index is 12.9. The first-order chi connectivity index (χ1) is 15.0.